The molecule has 0 spiro atoms. The molecule has 1 saturated heterocycles. The number of rotatable bonds is 4. The third-order valence-corrected chi connectivity index (χ3v) is 5.96. The summed E-state index contributed by atoms with van der Waals surface area (Å²) >= 11 is 13.0. The molecule has 29 heavy (non-hydrogen) atoms. The van der Waals surface area contributed by atoms with Gasteiger partial charge in [0.1, 0.15) is 6.54 Å². The summed E-state index contributed by atoms with van der Waals surface area (Å²) in [4.78, 5) is 38.5. The second-order valence-electron chi connectivity index (χ2n) is 6.73. The normalized spacial score (nSPS) is 15.3. The van der Waals surface area contributed by atoms with Gasteiger partial charge in [0.15, 0.2) is 0 Å². The van der Waals surface area contributed by atoms with E-state index in [1.54, 1.807) is 18.2 Å². The molecule has 3 amide bonds. The number of carbonyl (C=O) groups excluding carboxylic acids is 3. The average Bonchev–Trinajstić information content (AvgIpc) is 2.89. The SMILES string of the molecule is Cc1cc(C)c(NC(=O)CN2C(=O)S/C(=C/c3c(Cl)cccc3Cl)C2=O)c(C)c1. The maximum atomic E-state index is 12.7. The van der Waals surface area contributed by atoms with Crippen molar-refractivity contribution < 1.29 is 14.4 Å². The third kappa shape index (κ3) is 4.66. The lowest BCUT2D eigenvalue weighted by Gasteiger charge is -2.16. The molecule has 1 aliphatic rings. The number of hydrogen-bond acceptors (Lipinski definition) is 4. The highest BCUT2D eigenvalue weighted by Crippen LogP contribution is 2.35. The van der Waals surface area contributed by atoms with Crippen LogP contribution < -0.4 is 5.32 Å². The van der Waals surface area contributed by atoms with Gasteiger partial charge in [-0.25, -0.2) is 0 Å². The number of imide groups is 1. The number of thioether (sulfide) groups is 1. The Balaban J connectivity index is 1.77. The number of carbonyl (C=O) groups is 3. The van der Waals surface area contributed by atoms with E-state index >= 15 is 0 Å². The minimum atomic E-state index is -0.552. The van der Waals surface area contributed by atoms with E-state index in [1.807, 2.05) is 32.9 Å². The first-order valence-corrected chi connectivity index (χ1v) is 10.3. The Morgan fingerprint density at radius 3 is 2.28 bits per heavy atom. The maximum Gasteiger partial charge on any atom is 0.294 e. The maximum absolute atomic E-state index is 12.7. The Morgan fingerprint density at radius 1 is 1.10 bits per heavy atom. The van der Waals surface area contributed by atoms with Crippen LogP contribution in [-0.4, -0.2) is 28.5 Å². The average molecular weight is 449 g/mol. The molecule has 3 rings (SSSR count). The minimum Gasteiger partial charge on any atom is -0.324 e. The Morgan fingerprint density at radius 2 is 1.69 bits per heavy atom. The summed E-state index contributed by atoms with van der Waals surface area (Å²) in [5, 5.41) is 3.02. The van der Waals surface area contributed by atoms with Gasteiger partial charge in [-0.05, 0) is 61.9 Å². The number of benzene rings is 2. The molecule has 2 aromatic rings. The highest BCUT2D eigenvalue weighted by Gasteiger charge is 2.36. The first kappa shape index (κ1) is 21.4. The third-order valence-electron chi connectivity index (χ3n) is 4.39. The number of nitrogens with zero attached hydrogens (tertiary/aromatic N) is 1. The lowest BCUT2D eigenvalue weighted by atomic mass is 10.1. The Kier molecular flexibility index (Phi) is 6.36. The van der Waals surface area contributed by atoms with Crippen LogP contribution in [-0.2, 0) is 9.59 Å². The molecule has 2 aromatic carbocycles. The van der Waals surface area contributed by atoms with Gasteiger partial charge in [-0.1, -0.05) is 47.0 Å². The summed E-state index contributed by atoms with van der Waals surface area (Å²) in [7, 11) is 0. The molecule has 0 aliphatic carbocycles. The number of halogens is 2. The zero-order valence-corrected chi connectivity index (χ0v) is 18.3. The molecule has 0 unspecified atom stereocenters. The molecule has 8 heteroatoms. The highest BCUT2D eigenvalue weighted by molar-refractivity contribution is 8.18. The van der Waals surface area contributed by atoms with E-state index in [9.17, 15) is 14.4 Å². The van der Waals surface area contributed by atoms with E-state index in [4.69, 9.17) is 23.2 Å². The van der Waals surface area contributed by atoms with Gasteiger partial charge in [-0.15, -0.1) is 0 Å². The van der Waals surface area contributed by atoms with Gasteiger partial charge >= 0.3 is 0 Å². The standard InChI is InChI=1S/C21H18Cl2N2O3S/c1-11-7-12(2)19(13(3)8-11)24-18(26)10-25-20(27)17(29-21(25)28)9-14-15(22)5-4-6-16(14)23/h4-9H,10H2,1-3H3,(H,24,26)/b17-9+. The van der Waals surface area contributed by atoms with Crippen molar-refractivity contribution in [1.82, 2.24) is 4.90 Å². The van der Waals surface area contributed by atoms with Crippen LogP contribution in [0.2, 0.25) is 10.0 Å². The monoisotopic (exact) mass is 448 g/mol. The molecule has 150 valence electrons. The largest absolute Gasteiger partial charge is 0.324 e. The van der Waals surface area contributed by atoms with E-state index in [2.05, 4.69) is 5.32 Å². The predicted octanol–water partition coefficient (Wildman–Crippen LogP) is 5.59. The fraction of sp³-hybridized carbons (Fsp3) is 0.190. The zero-order valence-electron chi connectivity index (χ0n) is 16.0. The van der Waals surface area contributed by atoms with Gasteiger partial charge in [-0.3, -0.25) is 19.3 Å². The van der Waals surface area contributed by atoms with Crippen LogP contribution in [0.25, 0.3) is 6.08 Å². The summed E-state index contributed by atoms with van der Waals surface area (Å²) in [5.41, 5.74) is 4.06. The molecule has 1 aliphatic heterocycles. The molecule has 5 nitrogen and oxygen atoms in total. The number of amides is 3. The number of anilines is 1. The van der Waals surface area contributed by atoms with Crippen molar-refractivity contribution in [1.29, 1.82) is 0 Å². The van der Waals surface area contributed by atoms with Crippen LogP contribution >= 0.6 is 35.0 Å². The van der Waals surface area contributed by atoms with Crippen molar-refractivity contribution >= 4 is 63.8 Å². The molecule has 0 atom stereocenters. The van der Waals surface area contributed by atoms with Crippen LogP contribution in [0.4, 0.5) is 10.5 Å². The molecular formula is C21H18Cl2N2O3S. The minimum absolute atomic E-state index is 0.167. The van der Waals surface area contributed by atoms with Gasteiger partial charge in [-0.2, -0.15) is 0 Å². The highest BCUT2D eigenvalue weighted by atomic mass is 35.5. The molecule has 1 heterocycles. The van der Waals surface area contributed by atoms with Gasteiger partial charge in [0.05, 0.1) is 4.91 Å². The van der Waals surface area contributed by atoms with E-state index < -0.39 is 17.1 Å². The van der Waals surface area contributed by atoms with Gasteiger partial charge in [0.25, 0.3) is 11.1 Å². The zero-order chi connectivity index (χ0) is 21.3. The smallest absolute Gasteiger partial charge is 0.294 e. The Hall–Kier alpha value is -2.28. The predicted molar refractivity (Wildman–Crippen MR) is 118 cm³/mol. The summed E-state index contributed by atoms with van der Waals surface area (Å²) in [6.07, 6.45) is 1.47. The molecule has 1 N–H and O–H groups in total. The van der Waals surface area contributed by atoms with Crippen LogP contribution in [0.1, 0.15) is 22.3 Å². The van der Waals surface area contributed by atoms with Crippen LogP contribution in [0.15, 0.2) is 35.2 Å². The lowest BCUT2D eigenvalue weighted by Crippen LogP contribution is -2.36. The van der Waals surface area contributed by atoms with Crippen LogP contribution in [0, 0.1) is 20.8 Å². The van der Waals surface area contributed by atoms with Gasteiger partial charge < -0.3 is 5.32 Å². The summed E-state index contributed by atoms with van der Waals surface area (Å²) < 4.78 is 0. The number of hydrogen-bond donors (Lipinski definition) is 1. The molecule has 0 aromatic heterocycles. The van der Waals surface area contributed by atoms with Crippen LogP contribution in [0.3, 0.4) is 0 Å². The Bertz CT molecular complexity index is 1020. The van der Waals surface area contributed by atoms with Crippen molar-refractivity contribution in [2.24, 2.45) is 0 Å². The first-order chi connectivity index (χ1) is 13.7. The van der Waals surface area contributed by atoms with Gasteiger partial charge in [0, 0.05) is 21.3 Å². The molecule has 1 fully saturated rings. The van der Waals surface area contributed by atoms with Gasteiger partial charge in [0.2, 0.25) is 5.91 Å². The summed E-state index contributed by atoms with van der Waals surface area (Å²) in [6, 6.07) is 8.89. The van der Waals surface area contributed by atoms with Crippen molar-refractivity contribution in [2.45, 2.75) is 20.8 Å². The fourth-order valence-corrected chi connectivity index (χ4v) is 4.44. The van der Waals surface area contributed by atoms with Crippen molar-refractivity contribution in [3.8, 4) is 0 Å². The molecule has 0 radical (unpaired) electrons. The number of aryl methyl sites for hydroxylation is 3. The van der Waals surface area contributed by atoms with Crippen molar-refractivity contribution in [2.75, 3.05) is 11.9 Å². The molecular weight excluding hydrogens is 431 g/mol. The second-order valence-corrected chi connectivity index (χ2v) is 8.53. The Labute approximate surface area is 183 Å². The summed E-state index contributed by atoms with van der Waals surface area (Å²) in [6.45, 7) is 5.39. The summed E-state index contributed by atoms with van der Waals surface area (Å²) in [5.74, 6) is -0.997. The first-order valence-electron chi connectivity index (χ1n) is 8.74. The molecule has 0 saturated carbocycles. The quantitative estimate of drug-likeness (QED) is 0.618. The van der Waals surface area contributed by atoms with E-state index in [0.29, 0.717) is 21.3 Å². The van der Waals surface area contributed by atoms with Crippen molar-refractivity contribution in [3.63, 3.8) is 0 Å². The molecule has 0 bridgehead atoms. The van der Waals surface area contributed by atoms with E-state index in [0.717, 1.165) is 33.4 Å². The lowest BCUT2D eigenvalue weighted by molar-refractivity contribution is -0.127. The number of nitrogens with one attached hydrogen (secondary N) is 1. The topological polar surface area (TPSA) is 66.5 Å². The van der Waals surface area contributed by atoms with Crippen LogP contribution in [0.5, 0.6) is 0 Å². The van der Waals surface area contributed by atoms with Crippen molar-refractivity contribution in [3.05, 3.63) is 67.5 Å². The fourth-order valence-electron chi connectivity index (χ4n) is 3.12. The second kappa shape index (κ2) is 8.61. The van der Waals surface area contributed by atoms with E-state index in [-0.39, 0.29) is 11.4 Å². The van der Waals surface area contributed by atoms with E-state index in [1.165, 1.54) is 6.08 Å².